The standard InChI is InChI=1S/C16H14BrNO3/c1-10-13(16(20)21)3-2-4-14(10)18-15(19)9-11-5-7-12(17)8-6-11/h2-8H,9H2,1H3,(H,18,19)(H,20,21). The van der Waals surface area contributed by atoms with Crippen molar-refractivity contribution < 1.29 is 14.7 Å². The number of carboxylic acid groups (broad SMARTS) is 1. The highest BCUT2D eigenvalue weighted by atomic mass is 79.9. The molecule has 0 fully saturated rings. The van der Waals surface area contributed by atoms with Gasteiger partial charge in [0.2, 0.25) is 5.91 Å². The van der Waals surface area contributed by atoms with E-state index in [0.717, 1.165) is 10.0 Å². The third kappa shape index (κ3) is 3.92. The molecule has 0 saturated carbocycles. The van der Waals surface area contributed by atoms with Crippen molar-refractivity contribution >= 4 is 33.5 Å². The van der Waals surface area contributed by atoms with Crippen LogP contribution in [0.2, 0.25) is 0 Å². The molecule has 0 bridgehead atoms. The maximum atomic E-state index is 12.0. The van der Waals surface area contributed by atoms with Crippen LogP contribution in [0.1, 0.15) is 21.5 Å². The van der Waals surface area contributed by atoms with Gasteiger partial charge in [0.05, 0.1) is 12.0 Å². The molecule has 0 heterocycles. The van der Waals surface area contributed by atoms with Gasteiger partial charge >= 0.3 is 5.97 Å². The van der Waals surface area contributed by atoms with Crippen molar-refractivity contribution in [1.29, 1.82) is 0 Å². The number of nitrogens with one attached hydrogen (secondary N) is 1. The second-order valence-electron chi connectivity index (χ2n) is 4.63. The van der Waals surface area contributed by atoms with Crippen LogP contribution in [0.25, 0.3) is 0 Å². The summed E-state index contributed by atoms with van der Waals surface area (Å²) in [5, 5.41) is 11.8. The molecular formula is C16H14BrNO3. The van der Waals surface area contributed by atoms with Gasteiger partial charge in [-0.25, -0.2) is 4.79 Å². The van der Waals surface area contributed by atoms with E-state index in [-0.39, 0.29) is 17.9 Å². The van der Waals surface area contributed by atoms with Gasteiger partial charge in [-0.3, -0.25) is 4.79 Å². The molecule has 21 heavy (non-hydrogen) atoms. The lowest BCUT2D eigenvalue weighted by Gasteiger charge is -2.10. The van der Waals surface area contributed by atoms with Crippen molar-refractivity contribution in [2.24, 2.45) is 0 Å². The fourth-order valence-electron chi connectivity index (χ4n) is 1.98. The van der Waals surface area contributed by atoms with Gasteiger partial charge < -0.3 is 10.4 Å². The van der Waals surface area contributed by atoms with E-state index in [1.54, 1.807) is 19.1 Å². The Hall–Kier alpha value is -2.14. The predicted octanol–water partition coefficient (Wildman–Crippen LogP) is 3.64. The Labute approximate surface area is 130 Å². The van der Waals surface area contributed by atoms with E-state index in [1.807, 2.05) is 24.3 Å². The van der Waals surface area contributed by atoms with Crippen molar-refractivity contribution in [3.05, 3.63) is 63.6 Å². The Morgan fingerprint density at radius 2 is 1.81 bits per heavy atom. The summed E-state index contributed by atoms with van der Waals surface area (Å²) in [6.07, 6.45) is 0.240. The van der Waals surface area contributed by atoms with E-state index in [9.17, 15) is 9.59 Å². The number of hydrogen-bond acceptors (Lipinski definition) is 2. The molecule has 0 aliphatic heterocycles. The highest BCUT2D eigenvalue weighted by Crippen LogP contribution is 2.19. The van der Waals surface area contributed by atoms with E-state index >= 15 is 0 Å². The summed E-state index contributed by atoms with van der Waals surface area (Å²) in [4.78, 5) is 23.1. The molecule has 4 nitrogen and oxygen atoms in total. The molecule has 5 heteroatoms. The summed E-state index contributed by atoms with van der Waals surface area (Å²) in [5.74, 6) is -1.18. The number of carbonyl (C=O) groups is 2. The number of aromatic carboxylic acids is 1. The Kier molecular flexibility index (Phi) is 4.75. The number of benzene rings is 2. The number of hydrogen-bond donors (Lipinski definition) is 2. The van der Waals surface area contributed by atoms with Crippen LogP contribution in [0.5, 0.6) is 0 Å². The van der Waals surface area contributed by atoms with E-state index < -0.39 is 5.97 Å². The minimum absolute atomic E-state index is 0.178. The summed E-state index contributed by atoms with van der Waals surface area (Å²) in [6, 6.07) is 12.3. The lowest BCUT2D eigenvalue weighted by molar-refractivity contribution is -0.115. The molecule has 0 spiro atoms. The monoisotopic (exact) mass is 347 g/mol. The minimum atomic E-state index is -1.00. The maximum Gasteiger partial charge on any atom is 0.336 e. The fraction of sp³-hybridized carbons (Fsp3) is 0.125. The average Bonchev–Trinajstić information content (AvgIpc) is 2.43. The molecule has 0 atom stereocenters. The first-order chi connectivity index (χ1) is 9.97. The zero-order valence-electron chi connectivity index (χ0n) is 11.4. The SMILES string of the molecule is Cc1c(NC(=O)Cc2ccc(Br)cc2)cccc1C(=O)O. The highest BCUT2D eigenvalue weighted by molar-refractivity contribution is 9.10. The molecule has 1 amide bonds. The quantitative estimate of drug-likeness (QED) is 0.887. The normalized spacial score (nSPS) is 10.2. The van der Waals surface area contributed by atoms with E-state index in [2.05, 4.69) is 21.2 Å². The molecule has 0 unspecified atom stereocenters. The van der Waals surface area contributed by atoms with Gasteiger partial charge in [0.15, 0.2) is 0 Å². The average molecular weight is 348 g/mol. The number of carbonyl (C=O) groups excluding carboxylic acids is 1. The van der Waals surface area contributed by atoms with Crippen molar-refractivity contribution in [3.8, 4) is 0 Å². The van der Waals surface area contributed by atoms with Gasteiger partial charge in [0, 0.05) is 10.2 Å². The fourth-order valence-corrected chi connectivity index (χ4v) is 2.25. The molecule has 2 aromatic carbocycles. The topological polar surface area (TPSA) is 66.4 Å². The van der Waals surface area contributed by atoms with Crippen molar-refractivity contribution in [3.63, 3.8) is 0 Å². The summed E-state index contributed by atoms with van der Waals surface area (Å²) in [5.41, 5.74) is 2.16. The second kappa shape index (κ2) is 6.54. The van der Waals surface area contributed by atoms with Crippen LogP contribution >= 0.6 is 15.9 Å². The smallest absolute Gasteiger partial charge is 0.336 e. The molecule has 0 aliphatic carbocycles. The third-order valence-corrected chi connectivity index (χ3v) is 3.64. The highest BCUT2D eigenvalue weighted by Gasteiger charge is 2.12. The van der Waals surface area contributed by atoms with Gasteiger partial charge in [-0.05, 0) is 42.3 Å². The van der Waals surface area contributed by atoms with Gasteiger partial charge in [-0.1, -0.05) is 34.1 Å². The molecule has 0 saturated heterocycles. The summed E-state index contributed by atoms with van der Waals surface area (Å²) < 4.78 is 0.955. The van der Waals surface area contributed by atoms with Crippen molar-refractivity contribution in [2.45, 2.75) is 13.3 Å². The van der Waals surface area contributed by atoms with E-state index in [1.165, 1.54) is 6.07 Å². The number of halogens is 1. The molecule has 2 N–H and O–H groups in total. The first-order valence-corrected chi connectivity index (χ1v) is 7.14. The molecule has 0 radical (unpaired) electrons. The van der Waals surface area contributed by atoms with Crippen LogP contribution in [0, 0.1) is 6.92 Å². The van der Waals surface area contributed by atoms with Crippen LogP contribution in [0.4, 0.5) is 5.69 Å². The molecular weight excluding hydrogens is 334 g/mol. The Balaban J connectivity index is 2.11. The maximum absolute atomic E-state index is 12.0. The van der Waals surface area contributed by atoms with Gasteiger partial charge in [-0.2, -0.15) is 0 Å². The zero-order valence-corrected chi connectivity index (χ0v) is 13.0. The molecule has 108 valence electrons. The van der Waals surface area contributed by atoms with Gasteiger partial charge in [-0.15, -0.1) is 0 Å². The van der Waals surface area contributed by atoms with Crippen LogP contribution < -0.4 is 5.32 Å². The Morgan fingerprint density at radius 1 is 1.14 bits per heavy atom. The molecule has 0 aliphatic rings. The lowest BCUT2D eigenvalue weighted by atomic mass is 10.1. The Morgan fingerprint density at radius 3 is 2.43 bits per heavy atom. The number of rotatable bonds is 4. The van der Waals surface area contributed by atoms with Crippen LogP contribution in [-0.4, -0.2) is 17.0 Å². The Bertz CT molecular complexity index is 680. The van der Waals surface area contributed by atoms with Gasteiger partial charge in [0.25, 0.3) is 0 Å². The third-order valence-electron chi connectivity index (χ3n) is 3.12. The van der Waals surface area contributed by atoms with Crippen LogP contribution in [-0.2, 0) is 11.2 Å². The van der Waals surface area contributed by atoms with Gasteiger partial charge in [0.1, 0.15) is 0 Å². The first kappa shape index (κ1) is 15.3. The lowest BCUT2D eigenvalue weighted by Crippen LogP contribution is -2.16. The summed E-state index contributed by atoms with van der Waals surface area (Å²) in [6.45, 7) is 1.68. The predicted molar refractivity (Wildman–Crippen MR) is 84.6 cm³/mol. The molecule has 2 aromatic rings. The number of carboxylic acids is 1. The molecule has 2 rings (SSSR count). The summed E-state index contributed by atoms with van der Waals surface area (Å²) >= 11 is 3.34. The van der Waals surface area contributed by atoms with Crippen LogP contribution in [0.3, 0.4) is 0 Å². The number of anilines is 1. The summed E-state index contributed by atoms with van der Waals surface area (Å²) in [7, 11) is 0. The second-order valence-corrected chi connectivity index (χ2v) is 5.55. The van der Waals surface area contributed by atoms with Crippen LogP contribution in [0.15, 0.2) is 46.9 Å². The minimum Gasteiger partial charge on any atom is -0.478 e. The van der Waals surface area contributed by atoms with E-state index in [0.29, 0.717) is 11.3 Å². The largest absolute Gasteiger partial charge is 0.478 e. The number of amides is 1. The van der Waals surface area contributed by atoms with E-state index in [4.69, 9.17) is 5.11 Å². The molecule has 0 aromatic heterocycles. The first-order valence-electron chi connectivity index (χ1n) is 6.34. The van der Waals surface area contributed by atoms with Crippen molar-refractivity contribution in [1.82, 2.24) is 0 Å². The zero-order chi connectivity index (χ0) is 15.4. The van der Waals surface area contributed by atoms with Crippen molar-refractivity contribution in [2.75, 3.05) is 5.32 Å².